The molecule has 0 aliphatic heterocycles. The second kappa shape index (κ2) is 10.7. The Morgan fingerprint density at radius 1 is 1.12 bits per heavy atom. The third-order valence-corrected chi connectivity index (χ3v) is 7.12. The van der Waals surface area contributed by atoms with Crippen molar-refractivity contribution in [1.29, 1.82) is 0 Å². The molecule has 174 valence electrons. The average molecular weight is 478 g/mol. The zero-order valence-electron chi connectivity index (χ0n) is 19.2. The molecule has 0 saturated carbocycles. The molecule has 1 atom stereocenters. The van der Waals surface area contributed by atoms with Crippen LogP contribution in [0, 0.1) is 6.92 Å². The van der Waals surface area contributed by atoms with E-state index in [4.69, 9.17) is 21.3 Å². The van der Waals surface area contributed by atoms with Crippen LogP contribution in [-0.2, 0) is 16.6 Å². The van der Waals surface area contributed by atoms with E-state index in [0.29, 0.717) is 17.1 Å². The fourth-order valence-corrected chi connectivity index (χ4v) is 4.93. The van der Waals surface area contributed by atoms with Crippen LogP contribution in [0.2, 0.25) is 5.02 Å². The Morgan fingerprint density at radius 2 is 1.88 bits per heavy atom. The summed E-state index contributed by atoms with van der Waals surface area (Å²) in [6.45, 7) is 9.30. The summed E-state index contributed by atoms with van der Waals surface area (Å²) in [7, 11) is -3.57. The van der Waals surface area contributed by atoms with Gasteiger partial charge in [-0.3, -0.25) is 0 Å². The van der Waals surface area contributed by atoms with E-state index in [1.165, 1.54) is 0 Å². The SMILES string of the molecule is CCCCNS(=O)(=O)c1ccc2c(c1)nc([C@@H](C)Oc1ccc(Cl)cc1C)n2CCCC. The van der Waals surface area contributed by atoms with Gasteiger partial charge in [0.1, 0.15) is 5.75 Å². The molecule has 1 aromatic heterocycles. The number of aryl methyl sites for hydroxylation is 2. The van der Waals surface area contributed by atoms with Crippen molar-refractivity contribution in [1.82, 2.24) is 14.3 Å². The van der Waals surface area contributed by atoms with E-state index >= 15 is 0 Å². The van der Waals surface area contributed by atoms with E-state index in [9.17, 15) is 8.42 Å². The first-order valence-electron chi connectivity index (χ1n) is 11.2. The second-order valence-corrected chi connectivity index (χ2v) is 10.3. The number of imidazole rings is 1. The third kappa shape index (κ3) is 5.63. The van der Waals surface area contributed by atoms with Gasteiger partial charge in [0.15, 0.2) is 11.9 Å². The summed E-state index contributed by atoms with van der Waals surface area (Å²) in [6.07, 6.45) is 3.44. The quantitative estimate of drug-likeness (QED) is 0.343. The van der Waals surface area contributed by atoms with Crippen LogP contribution < -0.4 is 9.46 Å². The first-order chi connectivity index (χ1) is 15.3. The Morgan fingerprint density at radius 3 is 2.56 bits per heavy atom. The van der Waals surface area contributed by atoms with Gasteiger partial charge >= 0.3 is 0 Å². The van der Waals surface area contributed by atoms with Crippen LogP contribution in [0.25, 0.3) is 11.0 Å². The minimum absolute atomic E-state index is 0.231. The number of benzene rings is 2. The van der Waals surface area contributed by atoms with Crippen molar-refractivity contribution in [3.8, 4) is 5.75 Å². The number of halogens is 1. The molecular weight excluding hydrogens is 446 g/mol. The highest BCUT2D eigenvalue weighted by Gasteiger charge is 2.21. The predicted octanol–water partition coefficient (Wildman–Crippen LogP) is 6.02. The number of aromatic nitrogens is 2. The number of fused-ring (bicyclic) bond motifs is 1. The molecule has 1 heterocycles. The summed E-state index contributed by atoms with van der Waals surface area (Å²) in [5, 5.41) is 0.666. The molecule has 0 spiro atoms. The number of sulfonamides is 1. The maximum atomic E-state index is 12.7. The zero-order valence-corrected chi connectivity index (χ0v) is 20.8. The average Bonchev–Trinajstić information content (AvgIpc) is 3.12. The van der Waals surface area contributed by atoms with Gasteiger partial charge < -0.3 is 9.30 Å². The second-order valence-electron chi connectivity index (χ2n) is 8.05. The van der Waals surface area contributed by atoms with Crippen molar-refractivity contribution in [2.24, 2.45) is 0 Å². The molecule has 0 radical (unpaired) electrons. The number of ether oxygens (including phenoxy) is 1. The van der Waals surface area contributed by atoms with Crippen molar-refractivity contribution in [2.75, 3.05) is 6.54 Å². The van der Waals surface area contributed by atoms with Gasteiger partial charge in [0, 0.05) is 18.1 Å². The highest BCUT2D eigenvalue weighted by molar-refractivity contribution is 7.89. The van der Waals surface area contributed by atoms with Gasteiger partial charge in [0.2, 0.25) is 10.0 Å². The zero-order chi connectivity index (χ0) is 23.3. The Hall–Kier alpha value is -2.09. The number of nitrogens with one attached hydrogen (secondary N) is 1. The normalized spacial score (nSPS) is 12.9. The molecule has 0 unspecified atom stereocenters. The van der Waals surface area contributed by atoms with Gasteiger partial charge in [-0.1, -0.05) is 38.3 Å². The summed E-state index contributed by atoms with van der Waals surface area (Å²) in [5.41, 5.74) is 2.51. The predicted molar refractivity (Wildman–Crippen MR) is 130 cm³/mol. The molecule has 8 heteroatoms. The molecule has 3 aromatic rings. The number of unbranched alkanes of at least 4 members (excludes halogenated alkanes) is 2. The number of hydrogen-bond donors (Lipinski definition) is 1. The Bertz CT molecular complexity index is 1170. The van der Waals surface area contributed by atoms with Gasteiger partial charge in [-0.05, 0) is 68.7 Å². The van der Waals surface area contributed by atoms with Crippen molar-refractivity contribution in [3.63, 3.8) is 0 Å². The lowest BCUT2D eigenvalue weighted by atomic mass is 10.2. The molecule has 0 bridgehead atoms. The van der Waals surface area contributed by atoms with Crippen molar-refractivity contribution in [2.45, 2.75) is 70.9 Å². The van der Waals surface area contributed by atoms with Crippen LogP contribution in [0.3, 0.4) is 0 Å². The number of rotatable bonds is 11. The van der Waals surface area contributed by atoms with Gasteiger partial charge in [-0.25, -0.2) is 18.1 Å². The maximum absolute atomic E-state index is 12.7. The van der Waals surface area contributed by atoms with E-state index < -0.39 is 10.0 Å². The molecule has 3 rings (SSSR count). The summed E-state index contributed by atoms with van der Waals surface area (Å²) in [4.78, 5) is 5.03. The monoisotopic (exact) mass is 477 g/mol. The maximum Gasteiger partial charge on any atom is 0.240 e. The lowest BCUT2D eigenvalue weighted by molar-refractivity contribution is 0.210. The van der Waals surface area contributed by atoms with E-state index in [0.717, 1.165) is 54.9 Å². The minimum Gasteiger partial charge on any atom is -0.483 e. The molecule has 0 aliphatic rings. The first-order valence-corrected chi connectivity index (χ1v) is 13.1. The highest BCUT2D eigenvalue weighted by atomic mass is 35.5. The fourth-order valence-electron chi connectivity index (χ4n) is 3.61. The van der Waals surface area contributed by atoms with E-state index in [1.54, 1.807) is 18.2 Å². The molecule has 0 amide bonds. The Kier molecular flexibility index (Phi) is 8.20. The van der Waals surface area contributed by atoms with Crippen LogP contribution in [0.15, 0.2) is 41.3 Å². The van der Waals surface area contributed by atoms with Gasteiger partial charge in [-0.2, -0.15) is 0 Å². The molecule has 0 fully saturated rings. The van der Waals surface area contributed by atoms with Crippen LogP contribution in [0.1, 0.15) is 63.9 Å². The van der Waals surface area contributed by atoms with Crippen LogP contribution in [-0.4, -0.2) is 24.5 Å². The van der Waals surface area contributed by atoms with E-state index in [1.807, 2.05) is 39.0 Å². The largest absolute Gasteiger partial charge is 0.483 e. The standard InChI is InChI=1S/C24H32ClN3O3S/c1-5-7-13-26-32(29,30)20-10-11-22-21(16-20)27-24(28(22)14-8-6-2)18(4)31-23-12-9-19(25)15-17(23)3/h9-12,15-16,18,26H,5-8,13-14H2,1-4H3/t18-/m1/s1. The van der Waals surface area contributed by atoms with Gasteiger partial charge in [0.25, 0.3) is 0 Å². The highest BCUT2D eigenvalue weighted by Crippen LogP contribution is 2.30. The smallest absolute Gasteiger partial charge is 0.240 e. The van der Waals surface area contributed by atoms with Crippen molar-refractivity contribution >= 4 is 32.7 Å². The summed E-state index contributed by atoms with van der Waals surface area (Å²) < 4.78 is 36.4. The van der Waals surface area contributed by atoms with Crippen molar-refractivity contribution in [3.05, 3.63) is 52.8 Å². The van der Waals surface area contributed by atoms with Crippen LogP contribution >= 0.6 is 11.6 Å². The summed E-state index contributed by atoms with van der Waals surface area (Å²) >= 11 is 6.07. The van der Waals surface area contributed by atoms with Crippen LogP contribution in [0.5, 0.6) is 5.75 Å². The molecule has 1 N–H and O–H groups in total. The molecule has 32 heavy (non-hydrogen) atoms. The molecule has 2 aromatic carbocycles. The number of hydrogen-bond acceptors (Lipinski definition) is 4. The third-order valence-electron chi connectivity index (χ3n) is 5.42. The number of nitrogens with zero attached hydrogens (tertiary/aromatic N) is 2. The Labute approximate surface area is 196 Å². The summed E-state index contributed by atoms with van der Waals surface area (Å²) in [5.74, 6) is 1.52. The van der Waals surface area contributed by atoms with Crippen LogP contribution in [0.4, 0.5) is 0 Å². The molecule has 0 saturated heterocycles. The fraction of sp³-hybridized carbons (Fsp3) is 0.458. The van der Waals surface area contributed by atoms with Gasteiger partial charge in [-0.15, -0.1) is 0 Å². The molecule has 0 aliphatic carbocycles. The lowest BCUT2D eigenvalue weighted by Gasteiger charge is -2.18. The lowest BCUT2D eigenvalue weighted by Crippen LogP contribution is -2.24. The molecule has 6 nitrogen and oxygen atoms in total. The minimum atomic E-state index is -3.57. The van der Waals surface area contributed by atoms with E-state index in [-0.39, 0.29) is 11.0 Å². The summed E-state index contributed by atoms with van der Waals surface area (Å²) in [6, 6.07) is 10.7. The van der Waals surface area contributed by atoms with Gasteiger partial charge in [0.05, 0.1) is 15.9 Å². The Balaban J connectivity index is 1.97. The first kappa shape index (κ1) is 24.6. The topological polar surface area (TPSA) is 73.2 Å². The molecular formula is C24H32ClN3O3S. The van der Waals surface area contributed by atoms with E-state index in [2.05, 4.69) is 16.2 Å². The van der Waals surface area contributed by atoms with Crippen molar-refractivity contribution < 1.29 is 13.2 Å².